The molecule has 0 aliphatic heterocycles. The van der Waals surface area contributed by atoms with Gasteiger partial charge in [0.2, 0.25) is 5.91 Å². The Labute approximate surface area is 168 Å². The number of nitrogens with zero attached hydrogens (tertiary/aromatic N) is 2. The molecule has 0 fully saturated rings. The molecule has 7 heteroatoms. The summed E-state index contributed by atoms with van der Waals surface area (Å²) in [5, 5.41) is 3.04. The number of aromatic amines is 1. The highest BCUT2D eigenvalue weighted by atomic mass is 32.2. The Morgan fingerprint density at radius 2 is 2.04 bits per heavy atom. The van der Waals surface area contributed by atoms with Crippen LogP contribution < -0.4 is 5.32 Å². The summed E-state index contributed by atoms with van der Waals surface area (Å²) in [4.78, 5) is 22.2. The second-order valence-electron chi connectivity index (χ2n) is 6.93. The number of H-pyrrole nitrogens is 1. The van der Waals surface area contributed by atoms with Gasteiger partial charge < -0.3 is 15.2 Å². The number of thioether (sulfide) groups is 1. The molecule has 5 nitrogen and oxygen atoms in total. The van der Waals surface area contributed by atoms with E-state index in [1.807, 2.05) is 56.3 Å². The van der Waals surface area contributed by atoms with Crippen molar-refractivity contribution in [3.8, 4) is 0 Å². The van der Waals surface area contributed by atoms with Gasteiger partial charge in [-0.3, -0.25) is 4.79 Å². The molecule has 1 heterocycles. The Morgan fingerprint density at radius 3 is 2.75 bits per heavy atom. The minimum atomic E-state index is -0.272. The molecule has 0 spiro atoms. The molecule has 3 aromatic rings. The van der Waals surface area contributed by atoms with Gasteiger partial charge in [-0.25, -0.2) is 9.37 Å². The second-order valence-corrected chi connectivity index (χ2v) is 8.26. The monoisotopic (exact) mass is 400 g/mol. The van der Waals surface area contributed by atoms with Crippen LogP contribution in [0.5, 0.6) is 0 Å². The highest BCUT2D eigenvalue weighted by Crippen LogP contribution is 2.27. The first-order valence-electron chi connectivity index (χ1n) is 9.19. The average Bonchev–Trinajstić information content (AvgIpc) is 3.10. The van der Waals surface area contributed by atoms with Gasteiger partial charge in [0.25, 0.3) is 0 Å². The molecular formula is C21H25FN4OS. The third-order valence-electron chi connectivity index (χ3n) is 4.61. The van der Waals surface area contributed by atoms with E-state index in [0.717, 1.165) is 22.4 Å². The number of fused-ring (bicyclic) bond motifs is 1. The molecule has 1 amide bonds. The average molecular weight is 401 g/mol. The Bertz CT molecular complexity index is 910. The maximum Gasteiger partial charge on any atom is 0.230 e. The van der Waals surface area contributed by atoms with Crippen LogP contribution in [-0.2, 0) is 4.79 Å². The SMILES string of the molecule is CC(SCC(=O)NCC(c1cccc(F)c1)N(C)C)c1nc2ccccc2[nH]1. The lowest BCUT2D eigenvalue weighted by atomic mass is 10.1. The predicted molar refractivity (Wildman–Crippen MR) is 113 cm³/mol. The van der Waals surface area contributed by atoms with Gasteiger partial charge in [-0.15, -0.1) is 11.8 Å². The maximum atomic E-state index is 13.5. The van der Waals surface area contributed by atoms with Crippen LogP contribution in [0.2, 0.25) is 0 Å². The zero-order chi connectivity index (χ0) is 20.1. The van der Waals surface area contributed by atoms with Gasteiger partial charge >= 0.3 is 0 Å². The van der Waals surface area contributed by atoms with Crippen molar-refractivity contribution in [2.75, 3.05) is 26.4 Å². The number of carbonyl (C=O) groups excluding carboxylic acids is 1. The van der Waals surface area contributed by atoms with E-state index < -0.39 is 0 Å². The van der Waals surface area contributed by atoms with E-state index in [9.17, 15) is 9.18 Å². The lowest BCUT2D eigenvalue weighted by molar-refractivity contribution is -0.118. The van der Waals surface area contributed by atoms with E-state index in [1.165, 1.54) is 23.9 Å². The zero-order valence-electron chi connectivity index (χ0n) is 16.3. The summed E-state index contributed by atoms with van der Waals surface area (Å²) in [5.41, 5.74) is 2.77. The number of carbonyl (C=O) groups is 1. The summed E-state index contributed by atoms with van der Waals surface area (Å²) in [7, 11) is 3.83. The summed E-state index contributed by atoms with van der Waals surface area (Å²) < 4.78 is 13.5. The molecule has 3 rings (SSSR count). The number of likely N-dealkylation sites (N-methyl/N-ethyl adjacent to an activating group) is 1. The zero-order valence-corrected chi connectivity index (χ0v) is 17.1. The highest BCUT2D eigenvalue weighted by molar-refractivity contribution is 8.00. The van der Waals surface area contributed by atoms with E-state index >= 15 is 0 Å². The molecule has 0 bridgehead atoms. The molecule has 0 saturated heterocycles. The van der Waals surface area contributed by atoms with Gasteiger partial charge in [-0.2, -0.15) is 0 Å². The van der Waals surface area contributed by atoms with Crippen molar-refractivity contribution >= 4 is 28.7 Å². The minimum absolute atomic E-state index is 0.0452. The van der Waals surface area contributed by atoms with E-state index in [-0.39, 0.29) is 23.0 Å². The number of imidazole rings is 1. The first kappa shape index (κ1) is 20.4. The van der Waals surface area contributed by atoms with E-state index in [1.54, 1.807) is 6.07 Å². The maximum absolute atomic E-state index is 13.5. The topological polar surface area (TPSA) is 61.0 Å². The molecular weight excluding hydrogens is 375 g/mol. The minimum Gasteiger partial charge on any atom is -0.353 e. The molecule has 0 saturated carbocycles. The van der Waals surface area contributed by atoms with Gasteiger partial charge in [0.1, 0.15) is 11.6 Å². The Morgan fingerprint density at radius 1 is 1.25 bits per heavy atom. The standard InChI is InChI=1S/C21H25FN4OS/c1-14(21-24-17-9-4-5-10-18(17)25-21)28-13-20(27)23-12-19(26(2)3)15-7-6-8-16(22)11-15/h4-11,14,19H,12-13H2,1-3H3,(H,23,27)(H,24,25). The molecule has 0 aliphatic rings. The fourth-order valence-electron chi connectivity index (χ4n) is 3.02. The molecule has 1 aromatic heterocycles. The molecule has 0 radical (unpaired) electrons. The van der Waals surface area contributed by atoms with Gasteiger partial charge in [-0.05, 0) is 50.8 Å². The van der Waals surface area contributed by atoms with E-state index in [0.29, 0.717) is 12.3 Å². The second kappa shape index (κ2) is 9.21. The Hall–Kier alpha value is -2.38. The number of aromatic nitrogens is 2. The molecule has 2 unspecified atom stereocenters. The normalized spacial score (nSPS) is 13.6. The molecule has 28 heavy (non-hydrogen) atoms. The van der Waals surface area contributed by atoms with Gasteiger partial charge in [0.15, 0.2) is 0 Å². The first-order chi connectivity index (χ1) is 13.4. The van der Waals surface area contributed by atoms with Crippen molar-refractivity contribution in [3.63, 3.8) is 0 Å². The highest BCUT2D eigenvalue weighted by Gasteiger charge is 2.17. The van der Waals surface area contributed by atoms with Crippen LogP contribution >= 0.6 is 11.8 Å². The van der Waals surface area contributed by atoms with Gasteiger partial charge in [0.05, 0.1) is 28.1 Å². The summed E-state index contributed by atoms with van der Waals surface area (Å²) in [5.74, 6) is 0.883. The van der Waals surface area contributed by atoms with Crippen LogP contribution in [0, 0.1) is 5.82 Å². The molecule has 2 aromatic carbocycles. The number of rotatable bonds is 8. The molecule has 2 atom stereocenters. The van der Waals surface area contributed by atoms with Gasteiger partial charge in [0, 0.05) is 6.54 Å². The van der Waals surface area contributed by atoms with Crippen LogP contribution in [0.15, 0.2) is 48.5 Å². The number of benzene rings is 2. The summed E-state index contributed by atoms with van der Waals surface area (Å²) in [6.07, 6.45) is 0. The van der Waals surface area contributed by atoms with Crippen LogP contribution in [0.1, 0.15) is 29.6 Å². The fourth-order valence-corrected chi connectivity index (χ4v) is 3.79. The van der Waals surface area contributed by atoms with E-state index in [2.05, 4.69) is 15.3 Å². The smallest absolute Gasteiger partial charge is 0.230 e. The predicted octanol–water partition coefficient (Wildman–Crippen LogP) is 3.92. The quantitative estimate of drug-likeness (QED) is 0.602. The van der Waals surface area contributed by atoms with Crippen molar-refractivity contribution in [2.45, 2.75) is 18.2 Å². The Kier molecular flexibility index (Phi) is 6.70. The Balaban J connectivity index is 1.53. The first-order valence-corrected chi connectivity index (χ1v) is 10.2. The largest absolute Gasteiger partial charge is 0.353 e. The summed E-state index contributed by atoms with van der Waals surface area (Å²) in [6, 6.07) is 14.3. The van der Waals surface area contributed by atoms with Crippen LogP contribution in [-0.4, -0.2) is 47.2 Å². The number of amides is 1. The van der Waals surface area contributed by atoms with Crippen molar-refractivity contribution in [1.29, 1.82) is 0 Å². The van der Waals surface area contributed by atoms with E-state index in [4.69, 9.17) is 0 Å². The number of nitrogens with one attached hydrogen (secondary N) is 2. The van der Waals surface area contributed by atoms with Crippen molar-refractivity contribution in [3.05, 3.63) is 65.7 Å². The molecule has 0 aliphatic carbocycles. The van der Waals surface area contributed by atoms with Crippen molar-refractivity contribution in [2.24, 2.45) is 0 Å². The number of para-hydroxylation sites is 2. The molecule has 2 N–H and O–H groups in total. The van der Waals surface area contributed by atoms with Crippen molar-refractivity contribution < 1.29 is 9.18 Å². The summed E-state index contributed by atoms with van der Waals surface area (Å²) in [6.45, 7) is 2.46. The van der Waals surface area contributed by atoms with Crippen LogP contribution in [0.3, 0.4) is 0 Å². The fraction of sp³-hybridized carbons (Fsp3) is 0.333. The molecule has 148 valence electrons. The van der Waals surface area contributed by atoms with Crippen molar-refractivity contribution in [1.82, 2.24) is 20.2 Å². The van der Waals surface area contributed by atoms with Crippen LogP contribution in [0.25, 0.3) is 11.0 Å². The number of hydrogen-bond acceptors (Lipinski definition) is 4. The lowest BCUT2D eigenvalue weighted by Crippen LogP contribution is -2.35. The number of halogens is 1. The van der Waals surface area contributed by atoms with Gasteiger partial charge in [-0.1, -0.05) is 24.3 Å². The number of hydrogen-bond donors (Lipinski definition) is 2. The lowest BCUT2D eigenvalue weighted by Gasteiger charge is -2.25. The third kappa shape index (κ3) is 5.11. The summed E-state index contributed by atoms with van der Waals surface area (Å²) >= 11 is 1.53. The van der Waals surface area contributed by atoms with Crippen LogP contribution in [0.4, 0.5) is 4.39 Å². The third-order valence-corrected chi connectivity index (χ3v) is 5.76.